The Morgan fingerprint density at radius 3 is 1.40 bits per heavy atom. The van der Waals surface area contributed by atoms with E-state index in [-0.39, 0.29) is 0 Å². The van der Waals surface area contributed by atoms with E-state index >= 15 is 0 Å². The third kappa shape index (κ3) is 8.23. The summed E-state index contributed by atoms with van der Waals surface area (Å²) in [5.74, 6) is 1.64. The quantitative estimate of drug-likeness (QED) is 0.0526. The largest absolute Gasteiger partial charge is 0.402 e. The molecule has 4 heterocycles. The molecule has 4 aromatic carbocycles. The number of aryl methyl sites for hydroxylation is 8. The first-order valence-electron chi connectivity index (χ1n) is 18.8. The fourth-order valence-electron chi connectivity index (χ4n) is 7.19. The fraction of sp³-hybridized carbons (Fsp3) is 0.200. The van der Waals surface area contributed by atoms with Gasteiger partial charge >= 0.3 is 7.60 Å². The molecule has 0 saturated carbocycles. The highest BCUT2D eigenvalue weighted by Gasteiger charge is 2.23. The summed E-state index contributed by atoms with van der Waals surface area (Å²) in [5, 5.41) is 4.05. The van der Waals surface area contributed by atoms with E-state index in [0.717, 1.165) is 103 Å². The van der Waals surface area contributed by atoms with Crippen molar-refractivity contribution in [2.24, 2.45) is 0 Å². The molecule has 12 heteroatoms. The van der Waals surface area contributed by atoms with Crippen molar-refractivity contribution in [2.45, 2.75) is 53.4 Å². The van der Waals surface area contributed by atoms with E-state index in [1.54, 1.807) is 12.1 Å². The molecule has 0 unspecified atom stereocenters. The maximum Gasteiger partial charge on any atom is 0.402 e. The zero-order valence-electron chi connectivity index (χ0n) is 32.5. The van der Waals surface area contributed by atoms with Gasteiger partial charge in [0.25, 0.3) is 0 Å². The molecule has 8 aromatic rings. The molecule has 0 radical (unpaired) electrons. The molecule has 0 fully saturated rings. The number of fused-ring (bicyclic) bond motifs is 6. The summed E-state index contributed by atoms with van der Waals surface area (Å²) in [6.07, 6.45) is 6.84. The molecule has 0 aliphatic carbocycles. The molecule has 0 saturated heterocycles. The van der Waals surface area contributed by atoms with Gasteiger partial charge in [-0.2, -0.15) is 0 Å². The molecule has 11 nitrogen and oxygen atoms in total. The predicted octanol–water partition coefficient (Wildman–Crippen LogP) is 9.99. The number of hydrogen-bond donors (Lipinski definition) is 2. The van der Waals surface area contributed by atoms with Crippen LogP contribution in [0.5, 0.6) is 11.5 Å². The molecule has 4 aromatic heterocycles. The smallest absolute Gasteiger partial charge is 0.382 e. The van der Waals surface area contributed by atoms with Crippen LogP contribution < -0.4 is 21.2 Å². The van der Waals surface area contributed by atoms with Crippen LogP contribution in [0.2, 0.25) is 0 Å². The van der Waals surface area contributed by atoms with Gasteiger partial charge in [0, 0.05) is 40.6 Å². The first-order valence-corrected chi connectivity index (χ1v) is 20.8. The zero-order chi connectivity index (χ0) is 39.8. The Balaban J connectivity index is 0.845. The maximum atomic E-state index is 13.1. The van der Waals surface area contributed by atoms with Crippen LogP contribution in [0.25, 0.3) is 43.6 Å². The fourth-order valence-corrected chi connectivity index (χ4v) is 7.66. The Kier molecular flexibility index (Phi) is 10.2. The zero-order valence-corrected chi connectivity index (χ0v) is 33.4. The lowest BCUT2D eigenvalue weighted by Gasteiger charge is -2.14. The van der Waals surface area contributed by atoms with Crippen LogP contribution in [0, 0.1) is 27.7 Å². The molecule has 0 spiro atoms. The highest BCUT2D eigenvalue weighted by atomic mass is 31.2. The lowest BCUT2D eigenvalue weighted by molar-refractivity contribution is -0.169. The van der Waals surface area contributed by atoms with Gasteiger partial charge in [0.2, 0.25) is 0 Å². The van der Waals surface area contributed by atoms with Gasteiger partial charge in [0.1, 0.15) is 11.0 Å². The summed E-state index contributed by atoms with van der Waals surface area (Å²) in [5.41, 5.74) is 24.4. The first kappa shape index (κ1) is 37.8. The van der Waals surface area contributed by atoms with Crippen LogP contribution in [-0.2, 0) is 39.6 Å². The second kappa shape index (κ2) is 15.4. The van der Waals surface area contributed by atoms with E-state index in [9.17, 15) is 4.57 Å². The maximum absolute atomic E-state index is 13.1. The van der Waals surface area contributed by atoms with Gasteiger partial charge in [0.15, 0.2) is 23.1 Å². The summed E-state index contributed by atoms with van der Waals surface area (Å²) in [6, 6.07) is 27.8. The Hall–Kier alpha value is -6.13. The average molecular weight is 779 g/mol. The van der Waals surface area contributed by atoms with Crippen molar-refractivity contribution >= 4 is 62.8 Å². The van der Waals surface area contributed by atoms with E-state index < -0.39 is 7.60 Å². The number of pyridine rings is 4. The van der Waals surface area contributed by atoms with Crippen molar-refractivity contribution in [3.8, 4) is 11.5 Å². The number of anilines is 2. The molecule has 288 valence electrons. The number of aromatic nitrogens is 4. The Labute approximate surface area is 330 Å². The van der Waals surface area contributed by atoms with Gasteiger partial charge in [-0.25, -0.2) is 9.97 Å². The third-order valence-electron chi connectivity index (χ3n) is 10.3. The van der Waals surface area contributed by atoms with E-state index in [4.69, 9.17) is 30.6 Å². The van der Waals surface area contributed by atoms with E-state index in [2.05, 4.69) is 56.3 Å². The van der Waals surface area contributed by atoms with Crippen molar-refractivity contribution in [3.63, 3.8) is 0 Å². The number of benzene rings is 4. The van der Waals surface area contributed by atoms with Crippen molar-refractivity contribution in [2.75, 3.05) is 18.1 Å². The third-order valence-corrected chi connectivity index (χ3v) is 11.0. The minimum Gasteiger partial charge on any atom is -0.382 e. The summed E-state index contributed by atoms with van der Waals surface area (Å²) in [7, 11) is -3.76. The number of rotatable bonds is 12. The topological polar surface area (TPSA) is 158 Å². The van der Waals surface area contributed by atoms with Crippen LogP contribution in [0.1, 0.15) is 44.5 Å². The van der Waals surface area contributed by atoms with Gasteiger partial charge in [-0.05, 0) is 146 Å². The Morgan fingerprint density at radius 1 is 0.544 bits per heavy atom. The number of nitrogens with two attached hydrogens (primary N) is 2. The number of nitrogens with zero attached hydrogens (tertiary/aromatic N) is 4. The molecule has 57 heavy (non-hydrogen) atoms. The second-order valence-electron chi connectivity index (χ2n) is 14.8. The van der Waals surface area contributed by atoms with Gasteiger partial charge in [-0.15, -0.1) is 0 Å². The summed E-state index contributed by atoms with van der Waals surface area (Å²) < 4.78 is 23.5. The molecule has 0 atom stereocenters. The van der Waals surface area contributed by atoms with E-state index in [1.807, 2.05) is 76.5 Å². The van der Waals surface area contributed by atoms with E-state index in [1.165, 1.54) is 6.66 Å². The van der Waals surface area contributed by atoms with Crippen LogP contribution in [-0.4, -0.2) is 26.6 Å². The number of nitrogen functional groups attached to an aromatic ring is 2. The van der Waals surface area contributed by atoms with Gasteiger partial charge in [-0.3, -0.25) is 14.5 Å². The normalized spacial score (nSPS) is 11.9. The molecule has 0 aliphatic heterocycles. The van der Waals surface area contributed by atoms with Crippen molar-refractivity contribution in [3.05, 3.63) is 142 Å². The summed E-state index contributed by atoms with van der Waals surface area (Å²) in [6.45, 7) is 9.35. The summed E-state index contributed by atoms with van der Waals surface area (Å²) >= 11 is 0. The van der Waals surface area contributed by atoms with Crippen molar-refractivity contribution in [1.82, 2.24) is 19.9 Å². The monoisotopic (exact) mass is 778 g/mol. The molecule has 0 aliphatic rings. The summed E-state index contributed by atoms with van der Waals surface area (Å²) in [4.78, 5) is 29.3. The molecular weight excluding hydrogens is 736 g/mol. The van der Waals surface area contributed by atoms with Gasteiger partial charge in [0.05, 0.1) is 11.0 Å². The average Bonchev–Trinajstić information content (AvgIpc) is 3.18. The molecule has 8 rings (SSSR count). The van der Waals surface area contributed by atoms with Gasteiger partial charge < -0.3 is 21.2 Å². The lowest BCUT2D eigenvalue weighted by atomic mass is 9.99. The van der Waals surface area contributed by atoms with Crippen LogP contribution >= 0.6 is 7.60 Å². The minimum absolute atomic E-state index is 0.393. The van der Waals surface area contributed by atoms with Crippen molar-refractivity contribution < 1.29 is 23.7 Å². The highest BCUT2D eigenvalue weighted by molar-refractivity contribution is 7.52. The second-order valence-corrected chi connectivity index (χ2v) is 16.6. The van der Waals surface area contributed by atoms with Crippen molar-refractivity contribution in [1.29, 1.82) is 0 Å². The van der Waals surface area contributed by atoms with Crippen LogP contribution in [0.4, 0.5) is 11.6 Å². The highest BCUT2D eigenvalue weighted by Crippen LogP contribution is 2.45. The molecule has 0 bridgehead atoms. The minimum atomic E-state index is -3.76. The number of hydrogen-bond acceptors (Lipinski definition) is 11. The molecular formula is C45H43N6O5P. The molecule has 4 N–H and O–H groups in total. The first-order chi connectivity index (χ1) is 27.4. The Bertz CT molecular complexity index is 2710. The van der Waals surface area contributed by atoms with Crippen LogP contribution in [0.15, 0.2) is 97.3 Å². The SMILES string of the molecule is Cc1ccc2c(c1)nc(N)c1ncc(CCc3ccc(OOP(C)(=O)OOc4ccc(CCc5cnc6c(N)nc7cc(C)ccc7c6c5)c(C)c4)cc3C)cc12. The van der Waals surface area contributed by atoms with E-state index in [0.29, 0.717) is 34.2 Å². The van der Waals surface area contributed by atoms with Gasteiger partial charge in [-0.1, -0.05) is 45.7 Å². The Morgan fingerprint density at radius 2 is 0.982 bits per heavy atom. The lowest BCUT2D eigenvalue weighted by Crippen LogP contribution is -2.03. The predicted molar refractivity (Wildman–Crippen MR) is 227 cm³/mol. The standard InChI is InChI=1S/C45H43N6O5P/c1-26-6-16-36-38-22-30(24-48-42(38)44(46)50-40(36)18-26)8-10-32-12-14-34(20-28(32)3)53-55-57(5,52)56-54-35-15-13-33(29(4)21-35)11-9-31-23-39-37-17-7-27(2)19-41(37)51-45(47)43(39)49-25-31/h6-7,12-25H,8-11H2,1-5H3,(H2,46,50)(H2,47,51). The van der Waals surface area contributed by atoms with Crippen LogP contribution in [0.3, 0.4) is 0 Å². The molecule has 0 amide bonds.